The standard InChI is InChI=1S/C21H29N3O3/c25-20(15-6-7-15)22-19-9-8-17(14-18(19)21(26)27)24-12-10-23(11-13-24)16-4-2-1-3-5-16/h8-9,14-16H,1-7,10-13H2,(H,22,25)(H,26,27). The maximum atomic E-state index is 12.0. The Morgan fingerprint density at radius 3 is 2.30 bits per heavy atom. The van der Waals surface area contributed by atoms with Gasteiger partial charge in [0, 0.05) is 43.8 Å². The Morgan fingerprint density at radius 2 is 1.67 bits per heavy atom. The van der Waals surface area contributed by atoms with E-state index in [1.54, 1.807) is 12.1 Å². The monoisotopic (exact) mass is 371 g/mol. The Morgan fingerprint density at radius 1 is 0.963 bits per heavy atom. The minimum atomic E-state index is -0.996. The van der Waals surface area contributed by atoms with Crippen molar-refractivity contribution in [2.45, 2.75) is 51.0 Å². The van der Waals surface area contributed by atoms with E-state index in [9.17, 15) is 14.7 Å². The first-order valence-corrected chi connectivity index (χ1v) is 10.3. The van der Waals surface area contributed by atoms with Crippen molar-refractivity contribution in [3.8, 4) is 0 Å². The summed E-state index contributed by atoms with van der Waals surface area (Å²) in [5.74, 6) is -1.01. The molecule has 1 aromatic rings. The first-order valence-electron chi connectivity index (χ1n) is 10.3. The van der Waals surface area contributed by atoms with Crippen LogP contribution in [0.4, 0.5) is 11.4 Å². The summed E-state index contributed by atoms with van der Waals surface area (Å²) in [4.78, 5) is 28.6. The van der Waals surface area contributed by atoms with E-state index in [0.717, 1.165) is 50.7 Å². The number of hydrogen-bond acceptors (Lipinski definition) is 4. The molecule has 3 aliphatic rings. The van der Waals surface area contributed by atoms with Crippen molar-refractivity contribution >= 4 is 23.3 Å². The first kappa shape index (κ1) is 18.3. The molecular weight excluding hydrogens is 342 g/mol. The summed E-state index contributed by atoms with van der Waals surface area (Å²) < 4.78 is 0. The fraction of sp³-hybridized carbons (Fsp3) is 0.619. The number of carboxylic acids is 1. The second-order valence-corrected chi connectivity index (χ2v) is 8.11. The van der Waals surface area contributed by atoms with Crippen LogP contribution in [0.2, 0.25) is 0 Å². The highest BCUT2D eigenvalue weighted by molar-refractivity contribution is 6.02. The van der Waals surface area contributed by atoms with Crippen molar-refractivity contribution in [3.05, 3.63) is 23.8 Å². The van der Waals surface area contributed by atoms with Crippen LogP contribution in [0.3, 0.4) is 0 Å². The number of nitrogens with one attached hydrogen (secondary N) is 1. The van der Waals surface area contributed by atoms with Crippen molar-refractivity contribution in [1.29, 1.82) is 0 Å². The topological polar surface area (TPSA) is 72.9 Å². The molecule has 1 amide bonds. The number of hydrogen-bond donors (Lipinski definition) is 2. The summed E-state index contributed by atoms with van der Waals surface area (Å²) in [6.45, 7) is 3.91. The number of piperazine rings is 1. The molecule has 6 heteroatoms. The summed E-state index contributed by atoms with van der Waals surface area (Å²) in [6, 6.07) is 6.12. The molecule has 2 aliphatic carbocycles. The largest absolute Gasteiger partial charge is 0.478 e. The van der Waals surface area contributed by atoms with Gasteiger partial charge >= 0.3 is 5.97 Å². The summed E-state index contributed by atoms with van der Waals surface area (Å²) in [5, 5.41) is 12.4. The maximum absolute atomic E-state index is 12.0. The number of anilines is 2. The third-order valence-electron chi connectivity index (χ3n) is 6.21. The highest BCUT2D eigenvalue weighted by Crippen LogP contribution is 2.32. The quantitative estimate of drug-likeness (QED) is 0.832. The second-order valence-electron chi connectivity index (χ2n) is 8.11. The summed E-state index contributed by atoms with van der Waals surface area (Å²) in [6.07, 6.45) is 8.51. The number of nitrogens with zero attached hydrogens (tertiary/aromatic N) is 2. The Labute approximate surface area is 160 Å². The van der Waals surface area contributed by atoms with E-state index in [0.29, 0.717) is 5.69 Å². The molecule has 0 spiro atoms. The van der Waals surface area contributed by atoms with E-state index in [2.05, 4.69) is 15.1 Å². The molecule has 1 aliphatic heterocycles. The molecule has 1 saturated heterocycles. The van der Waals surface area contributed by atoms with E-state index < -0.39 is 5.97 Å². The van der Waals surface area contributed by atoms with Crippen LogP contribution < -0.4 is 10.2 Å². The molecular formula is C21H29N3O3. The number of amides is 1. The van der Waals surface area contributed by atoms with Crippen LogP contribution in [0.1, 0.15) is 55.3 Å². The average Bonchev–Trinajstić information content (AvgIpc) is 3.54. The molecule has 0 unspecified atom stereocenters. The van der Waals surface area contributed by atoms with Crippen molar-refractivity contribution in [2.24, 2.45) is 5.92 Å². The first-order chi connectivity index (χ1) is 13.1. The predicted molar refractivity (Wildman–Crippen MR) is 105 cm³/mol. The summed E-state index contributed by atoms with van der Waals surface area (Å²) in [7, 11) is 0. The molecule has 2 saturated carbocycles. The van der Waals surface area contributed by atoms with Crippen molar-refractivity contribution in [1.82, 2.24) is 4.90 Å². The van der Waals surface area contributed by atoms with E-state index in [-0.39, 0.29) is 17.4 Å². The predicted octanol–water partition coefficient (Wildman–Crippen LogP) is 3.19. The zero-order valence-electron chi connectivity index (χ0n) is 15.8. The van der Waals surface area contributed by atoms with E-state index >= 15 is 0 Å². The van der Waals surface area contributed by atoms with Gasteiger partial charge in [0.1, 0.15) is 0 Å². The van der Waals surface area contributed by atoms with E-state index in [1.165, 1.54) is 32.1 Å². The summed E-state index contributed by atoms with van der Waals surface area (Å²) in [5.41, 5.74) is 1.51. The van der Waals surface area contributed by atoms with Crippen LogP contribution in [0.15, 0.2) is 18.2 Å². The lowest BCUT2D eigenvalue weighted by Gasteiger charge is -2.41. The molecule has 1 aromatic carbocycles. The van der Waals surface area contributed by atoms with E-state index in [4.69, 9.17) is 0 Å². The van der Waals surface area contributed by atoms with Gasteiger partial charge in [0.15, 0.2) is 0 Å². The van der Waals surface area contributed by atoms with Gasteiger partial charge < -0.3 is 15.3 Å². The lowest BCUT2D eigenvalue weighted by Crippen LogP contribution is -2.50. The zero-order valence-corrected chi connectivity index (χ0v) is 15.8. The molecule has 27 heavy (non-hydrogen) atoms. The van der Waals surface area contributed by atoms with Crippen LogP contribution in [-0.2, 0) is 4.79 Å². The van der Waals surface area contributed by atoms with Gasteiger partial charge in [-0.2, -0.15) is 0 Å². The zero-order chi connectivity index (χ0) is 18.8. The van der Waals surface area contributed by atoms with Crippen molar-refractivity contribution < 1.29 is 14.7 Å². The average molecular weight is 371 g/mol. The summed E-state index contributed by atoms with van der Waals surface area (Å²) >= 11 is 0. The van der Waals surface area contributed by atoms with E-state index in [1.807, 2.05) is 6.07 Å². The highest BCUT2D eigenvalue weighted by Gasteiger charge is 2.31. The van der Waals surface area contributed by atoms with Crippen LogP contribution in [0.25, 0.3) is 0 Å². The number of carbonyl (C=O) groups excluding carboxylic acids is 1. The minimum Gasteiger partial charge on any atom is -0.478 e. The molecule has 4 rings (SSSR count). The lowest BCUT2D eigenvalue weighted by molar-refractivity contribution is -0.117. The van der Waals surface area contributed by atoms with Crippen LogP contribution in [0, 0.1) is 5.92 Å². The smallest absolute Gasteiger partial charge is 0.337 e. The molecule has 0 radical (unpaired) electrons. The van der Waals surface area contributed by atoms with Crippen LogP contribution >= 0.6 is 0 Å². The van der Waals surface area contributed by atoms with Gasteiger partial charge in [-0.3, -0.25) is 9.69 Å². The fourth-order valence-electron chi connectivity index (χ4n) is 4.39. The van der Waals surface area contributed by atoms with Gasteiger partial charge in [-0.25, -0.2) is 4.79 Å². The molecule has 2 N–H and O–H groups in total. The molecule has 3 fully saturated rings. The molecule has 0 bridgehead atoms. The lowest BCUT2D eigenvalue weighted by atomic mass is 9.94. The third-order valence-corrected chi connectivity index (χ3v) is 6.21. The van der Waals surface area contributed by atoms with Crippen LogP contribution in [0.5, 0.6) is 0 Å². The number of aromatic carboxylic acids is 1. The Bertz CT molecular complexity index is 703. The van der Waals surface area contributed by atoms with Gasteiger partial charge in [0.05, 0.1) is 11.3 Å². The molecule has 146 valence electrons. The number of rotatable bonds is 5. The number of benzene rings is 1. The SMILES string of the molecule is O=C(O)c1cc(N2CCN(C3CCCCC3)CC2)ccc1NC(=O)C1CC1. The Hall–Kier alpha value is -2.08. The molecule has 6 nitrogen and oxygen atoms in total. The van der Waals surface area contributed by atoms with Gasteiger partial charge in [0.2, 0.25) is 5.91 Å². The Kier molecular flexibility index (Phi) is 5.34. The van der Waals surface area contributed by atoms with Gasteiger partial charge in [-0.05, 0) is 43.9 Å². The van der Waals surface area contributed by atoms with Crippen molar-refractivity contribution in [3.63, 3.8) is 0 Å². The Balaban J connectivity index is 1.42. The molecule has 0 atom stereocenters. The third kappa shape index (κ3) is 4.26. The highest BCUT2D eigenvalue weighted by atomic mass is 16.4. The van der Waals surface area contributed by atoms with Crippen LogP contribution in [-0.4, -0.2) is 54.1 Å². The van der Waals surface area contributed by atoms with Crippen molar-refractivity contribution in [2.75, 3.05) is 36.4 Å². The normalized spacial score (nSPS) is 21.9. The second kappa shape index (κ2) is 7.89. The van der Waals surface area contributed by atoms with Gasteiger partial charge in [0.25, 0.3) is 0 Å². The maximum Gasteiger partial charge on any atom is 0.337 e. The fourth-order valence-corrected chi connectivity index (χ4v) is 4.39. The molecule has 1 heterocycles. The minimum absolute atomic E-state index is 0.0548. The number of carboxylic acid groups (broad SMARTS) is 1. The van der Waals surface area contributed by atoms with Gasteiger partial charge in [-0.1, -0.05) is 19.3 Å². The van der Waals surface area contributed by atoms with Gasteiger partial charge in [-0.15, -0.1) is 0 Å². The molecule has 0 aromatic heterocycles. The number of carbonyl (C=O) groups is 2.